The summed E-state index contributed by atoms with van der Waals surface area (Å²) in [7, 11) is 0. The standard InChI is InChI=1S/C20H22FN3O2.2C2H6/c1-4-15(5-2)13-26-19-10-18-12-23(11-14(3)24(18)22-19)20(25)16-6-8-17(21)9-7-16;2*1-2/h4-10,14H,1,11-13H2,2-3H3;2*1-2H3/b15-5+;;. The molecular formula is C24H34FN3O2. The maximum atomic E-state index is 13.1. The number of benzene rings is 1. The number of carbonyl (C=O) groups excluding carboxylic acids is 1. The van der Waals surface area contributed by atoms with Gasteiger partial charge in [-0.15, -0.1) is 5.10 Å². The van der Waals surface area contributed by atoms with Gasteiger partial charge in [0.05, 0.1) is 18.3 Å². The van der Waals surface area contributed by atoms with E-state index in [-0.39, 0.29) is 17.8 Å². The van der Waals surface area contributed by atoms with Gasteiger partial charge < -0.3 is 9.64 Å². The maximum absolute atomic E-state index is 13.1. The monoisotopic (exact) mass is 415 g/mol. The van der Waals surface area contributed by atoms with E-state index < -0.39 is 0 Å². The highest BCUT2D eigenvalue weighted by Gasteiger charge is 2.28. The lowest BCUT2D eigenvalue weighted by Crippen LogP contribution is -2.40. The van der Waals surface area contributed by atoms with E-state index in [2.05, 4.69) is 11.7 Å². The number of rotatable bonds is 5. The summed E-state index contributed by atoms with van der Waals surface area (Å²) in [6, 6.07) is 7.51. The molecule has 0 bridgehead atoms. The van der Waals surface area contributed by atoms with Crippen molar-refractivity contribution in [2.75, 3.05) is 13.2 Å². The minimum absolute atomic E-state index is 0.0288. The second-order valence-corrected chi connectivity index (χ2v) is 6.32. The maximum Gasteiger partial charge on any atom is 0.254 e. The van der Waals surface area contributed by atoms with Crippen molar-refractivity contribution in [3.63, 3.8) is 0 Å². The van der Waals surface area contributed by atoms with Crippen LogP contribution in [0, 0.1) is 5.82 Å². The van der Waals surface area contributed by atoms with Crippen LogP contribution in [0.2, 0.25) is 0 Å². The van der Waals surface area contributed by atoms with Crippen LogP contribution in [0.1, 0.15) is 63.6 Å². The van der Waals surface area contributed by atoms with E-state index in [4.69, 9.17) is 4.74 Å². The van der Waals surface area contributed by atoms with E-state index >= 15 is 0 Å². The minimum atomic E-state index is -0.353. The summed E-state index contributed by atoms with van der Waals surface area (Å²) in [5, 5.41) is 4.50. The van der Waals surface area contributed by atoms with Crippen molar-refractivity contribution in [3.05, 3.63) is 71.7 Å². The molecule has 1 aliphatic heterocycles. The Bertz CT molecular complexity index is 841. The first-order valence-electron chi connectivity index (χ1n) is 10.6. The summed E-state index contributed by atoms with van der Waals surface area (Å²) in [5.41, 5.74) is 2.37. The van der Waals surface area contributed by atoms with Gasteiger partial charge in [0.1, 0.15) is 12.4 Å². The van der Waals surface area contributed by atoms with Crippen molar-refractivity contribution in [2.45, 2.75) is 54.1 Å². The Morgan fingerprint density at radius 1 is 1.27 bits per heavy atom. The average molecular weight is 416 g/mol. The fraction of sp³-hybridized carbons (Fsp3) is 0.417. The number of hydrogen-bond donors (Lipinski definition) is 0. The van der Waals surface area contributed by atoms with E-state index in [0.717, 1.165) is 11.3 Å². The largest absolute Gasteiger partial charge is 0.472 e. The molecule has 0 N–H and O–H groups in total. The molecule has 0 saturated heterocycles. The predicted molar refractivity (Wildman–Crippen MR) is 120 cm³/mol. The molecule has 1 aliphatic rings. The number of nitrogens with zero attached hydrogens (tertiary/aromatic N) is 3. The molecular weight excluding hydrogens is 381 g/mol. The Hall–Kier alpha value is -2.89. The minimum Gasteiger partial charge on any atom is -0.472 e. The summed E-state index contributed by atoms with van der Waals surface area (Å²) in [6.45, 7) is 17.1. The molecule has 30 heavy (non-hydrogen) atoms. The second-order valence-electron chi connectivity index (χ2n) is 6.32. The molecule has 0 radical (unpaired) electrons. The first-order chi connectivity index (χ1) is 14.5. The lowest BCUT2D eigenvalue weighted by molar-refractivity contribution is 0.0677. The predicted octanol–water partition coefficient (Wildman–Crippen LogP) is 5.80. The fourth-order valence-corrected chi connectivity index (χ4v) is 2.98. The number of carbonyl (C=O) groups is 1. The molecule has 0 saturated carbocycles. The fourth-order valence-electron chi connectivity index (χ4n) is 2.98. The van der Waals surface area contributed by atoms with Gasteiger partial charge in [0.25, 0.3) is 5.91 Å². The molecule has 0 fully saturated rings. The van der Waals surface area contributed by atoms with Crippen molar-refractivity contribution >= 4 is 5.91 Å². The summed E-state index contributed by atoms with van der Waals surface area (Å²) in [6.07, 6.45) is 3.69. The van der Waals surface area contributed by atoms with Crippen LogP contribution in [-0.2, 0) is 6.54 Å². The van der Waals surface area contributed by atoms with E-state index in [1.807, 2.05) is 58.4 Å². The van der Waals surface area contributed by atoms with Crippen LogP contribution in [0.15, 0.2) is 54.6 Å². The normalized spacial score (nSPS) is 15.1. The first-order valence-corrected chi connectivity index (χ1v) is 10.6. The molecule has 1 aromatic heterocycles. The van der Waals surface area contributed by atoms with E-state index in [0.29, 0.717) is 31.1 Å². The molecule has 1 amide bonds. The molecule has 2 aromatic rings. The van der Waals surface area contributed by atoms with Crippen LogP contribution in [0.3, 0.4) is 0 Å². The number of fused-ring (bicyclic) bond motifs is 1. The van der Waals surface area contributed by atoms with Crippen LogP contribution in [-0.4, -0.2) is 33.7 Å². The van der Waals surface area contributed by atoms with Crippen molar-refractivity contribution in [1.29, 1.82) is 0 Å². The number of ether oxygens (including phenoxy) is 1. The Morgan fingerprint density at radius 3 is 2.47 bits per heavy atom. The SMILES string of the molecule is C=C/C(=C\C)COc1cc2n(n1)C(C)CN(C(=O)c1ccc(F)cc1)C2.CC.CC. The number of amides is 1. The zero-order chi connectivity index (χ0) is 22.7. The third kappa shape index (κ3) is 6.31. The van der Waals surface area contributed by atoms with Gasteiger partial charge >= 0.3 is 0 Å². The zero-order valence-electron chi connectivity index (χ0n) is 19.0. The van der Waals surface area contributed by atoms with Crippen molar-refractivity contribution < 1.29 is 13.9 Å². The van der Waals surface area contributed by atoms with Gasteiger partial charge in [0, 0.05) is 18.2 Å². The molecule has 0 spiro atoms. The van der Waals surface area contributed by atoms with Gasteiger partial charge in [0.2, 0.25) is 5.88 Å². The summed E-state index contributed by atoms with van der Waals surface area (Å²) in [4.78, 5) is 14.4. The van der Waals surface area contributed by atoms with E-state index in [1.165, 1.54) is 24.3 Å². The lowest BCUT2D eigenvalue weighted by Gasteiger charge is -2.32. The van der Waals surface area contributed by atoms with Crippen LogP contribution in [0.25, 0.3) is 0 Å². The van der Waals surface area contributed by atoms with Gasteiger partial charge in [-0.1, -0.05) is 46.4 Å². The number of aromatic nitrogens is 2. The van der Waals surface area contributed by atoms with E-state index in [9.17, 15) is 9.18 Å². The Labute approximate surface area is 179 Å². The third-order valence-electron chi connectivity index (χ3n) is 4.44. The third-order valence-corrected chi connectivity index (χ3v) is 4.44. The topological polar surface area (TPSA) is 47.4 Å². The first kappa shape index (κ1) is 25.1. The molecule has 1 atom stereocenters. The molecule has 1 unspecified atom stereocenters. The van der Waals surface area contributed by atoms with Crippen LogP contribution in [0.4, 0.5) is 4.39 Å². The lowest BCUT2D eigenvalue weighted by atomic mass is 10.1. The van der Waals surface area contributed by atoms with Crippen molar-refractivity contribution in [3.8, 4) is 5.88 Å². The summed E-state index contributed by atoms with van der Waals surface area (Å²) in [5.74, 6) is 0.0622. The molecule has 5 nitrogen and oxygen atoms in total. The number of hydrogen-bond acceptors (Lipinski definition) is 3. The molecule has 1 aromatic carbocycles. The number of allylic oxidation sites excluding steroid dienone is 1. The Kier molecular flexibility index (Phi) is 10.6. The molecule has 2 heterocycles. The van der Waals surface area contributed by atoms with Crippen LogP contribution in [0.5, 0.6) is 5.88 Å². The van der Waals surface area contributed by atoms with E-state index in [1.54, 1.807) is 11.0 Å². The van der Waals surface area contributed by atoms with Gasteiger partial charge in [-0.05, 0) is 43.7 Å². The highest BCUT2D eigenvalue weighted by molar-refractivity contribution is 5.94. The Morgan fingerprint density at radius 2 is 1.90 bits per heavy atom. The quantitative estimate of drug-likeness (QED) is 0.580. The van der Waals surface area contributed by atoms with Gasteiger partial charge in [-0.25, -0.2) is 4.39 Å². The van der Waals surface area contributed by atoms with Gasteiger partial charge in [-0.3, -0.25) is 9.48 Å². The molecule has 6 heteroatoms. The van der Waals surface area contributed by atoms with Crippen LogP contribution >= 0.6 is 0 Å². The second kappa shape index (κ2) is 12.6. The molecule has 0 aliphatic carbocycles. The molecule has 164 valence electrons. The summed E-state index contributed by atoms with van der Waals surface area (Å²) >= 11 is 0. The van der Waals surface area contributed by atoms with Gasteiger partial charge in [-0.2, -0.15) is 0 Å². The van der Waals surface area contributed by atoms with Crippen molar-refractivity contribution in [2.24, 2.45) is 0 Å². The smallest absolute Gasteiger partial charge is 0.254 e. The van der Waals surface area contributed by atoms with Gasteiger partial charge in [0.15, 0.2) is 0 Å². The molecule has 3 rings (SSSR count). The average Bonchev–Trinajstić information content (AvgIpc) is 3.21. The number of halogens is 1. The van der Waals surface area contributed by atoms with Crippen molar-refractivity contribution in [1.82, 2.24) is 14.7 Å². The highest BCUT2D eigenvalue weighted by Crippen LogP contribution is 2.25. The Balaban J connectivity index is 0.00000106. The highest BCUT2D eigenvalue weighted by atomic mass is 19.1. The summed E-state index contributed by atoms with van der Waals surface area (Å²) < 4.78 is 20.7. The zero-order valence-corrected chi connectivity index (χ0v) is 19.0. The van der Waals surface area contributed by atoms with Crippen LogP contribution < -0.4 is 4.74 Å².